The highest BCUT2D eigenvalue weighted by Gasteiger charge is 2.12. The molecule has 0 saturated carbocycles. The summed E-state index contributed by atoms with van der Waals surface area (Å²) in [4.78, 5) is 24.0. The standard InChI is InChI=1S/C22H22N2O4S/c1-16-7-9-17(10-8-16)14-29-15-21(25)23-24-22(26)20-12-11-19(28-20)13-27-18-5-3-2-4-6-18/h2-12H,13-15H2,1H3,(H,23,25)(H,24,26). The lowest BCUT2D eigenvalue weighted by atomic mass is 10.2. The summed E-state index contributed by atoms with van der Waals surface area (Å²) in [6, 6.07) is 20.7. The topological polar surface area (TPSA) is 80.6 Å². The van der Waals surface area contributed by atoms with Crippen LogP contribution in [0.3, 0.4) is 0 Å². The van der Waals surface area contributed by atoms with Crippen molar-refractivity contribution in [2.75, 3.05) is 5.75 Å². The van der Waals surface area contributed by atoms with E-state index in [1.807, 2.05) is 61.5 Å². The highest BCUT2D eigenvalue weighted by Crippen LogP contribution is 2.14. The Kier molecular flexibility index (Phi) is 7.35. The fourth-order valence-corrected chi connectivity index (χ4v) is 3.21. The van der Waals surface area contributed by atoms with Crippen LogP contribution in [0.1, 0.15) is 27.4 Å². The van der Waals surface area contributed by atoms with Crippen molar-refractivity contribution >= 4 is 23.6 Å². The van der Waals surface area contributed by atoms with Gasteiger partial charge in [-0.3, -0.25) is 20.4 Å². The van der Waals surface area contributed by atoms with E-state index in [4.69, 9.17) is 9.15 Å². The number of hydrogen-bond acceptors (Lipinski definition) is 5. The maximum absolute atomic E-state index is 12.1. The van der Waals surface area contributed by atoms with Crippen molar-refractivity contribution in [1.82, 2.24) is 10.9 Å². The van der Waals surface area contributed by atoms with E-state index >= 15 is 0 Å². The molecule has 0 saturated heterocycles. The van der Waals surface area contributed by atoms with Crippen LogP contribution in [0.15, 0.2) is 71.1 Å². The van der Waals surface area contributed by atoms with Gasteiger partial charge in [0.1, 0.15) is 18.1 Å². The number of aryl methyl sites for hydroxylation is 1. The van der Waals surface area contributed by atoms with Crippen LogP contribution in [0.4, 0.5) is 0 Å². The summed E-state index contributed by atoms with van der Waals surface area (Å²) >= 11 is 1.47. The highest BCUT2D eigenvalue weighted by molar-refractivity contribution is 7.99. The Bertz CT molecular complexity index is 939. The first-order valence-electron chi connectivity index (χ1n) is 9.09. The van der Waals surface area contributed by atoms with E-state index in [2.05, 4.69) is 10.9 Å². The number of ether oxygens (including phenoxy) is 1. The lowest BCUT2D eigenvalue weighted by molar-refractivity contribution is -0.119. The predicted octanol–water partition coefficient (Wildman–Crippen LogP) is 3.86. The molecule has 150 valence electrons. The third-order valence-electron chi connectivity index (χ3n) is 3.95. The van der Waals surface area contributed by atoms with E-state index in [9.17, 15) is 9.59 Å². The van der Waals surface area contributed by atoms with Gasteiger partial charge in [-0.1, -0.05) is 48.0 Å². The smallest absolute Gasteiger partial charge is 0.305 e. The molecule has 0 fully saturated rings. The SMILES string of the molecule is Cc1ccc(CSCC(=O)NNC(=O)c2ccc(COc3ccccc3)o2)cc1. The summed E-state index contributed by atoms with van der Waals surface area (Å²) in [6.07, 6.45) is 0. The molecule has 2 aromatic carbocycles. The van der Waals surface area contributed by atoms with Crippen LogP contribution < -0.4 is 15.6 Å². The fraction of sp³-hybridized carbons (Fsp3) is 0.182. The molecule has 0 spiro atoms. The number of hydrazine groups is 1. The minimum atomic E-state index is -0.521. The second-order valence-electron chi connectivity index (χ2n) is 6.35. The number of furan rings is 1. The van der Waals surface area contributed by atoms with Crippen LogP contribution in [0.25, 0.3) is 0 Å². The minimum absolute atomic E-state index is 0.101. The highest BCUT2D eigenvalue weighted by atomic mass is 32.2. The molecule has 2 amide bonds. The second-order valence-corrected chi connectivity index (χ2v) is 7.33. The average molecular weight is 410 g/mol. The molecule has 6 nitrogen and oxygen atoms in total. The molecule has 0 aliphatic heterocycles. The molecule has 2 N–H and O–H groups in total. The van der Waals surface area contributed by atoms with Crippen molar-refractivity contribution in [3.8, 4) is 5.75 Å². The van der Waals surface area contributed by atoms with Gasteiger partial charge in [-0.25, -0.2) is 0 Å². The number of para-hydroxylation sites is 1. The Morgan fingerprint density at radius 1 is 0.966 bits per heavy atom. The van der Waals surface area contributed by atoms with Gasteiger partial charge >= 0.3 is 5.91 Å². The number of hydrogen-bond donors (Lipinski definition) is 2. The van der Waals surface area contributed by atoms with Gasteiger partial charge in [0.2, 0.25) is 5.91 Å². The molecule has 0 aliphatic carbocycles. The van der Waals surface area contributed by atoms with Gasteiger partial charge in [0.05, 0.1) is 5.75 Å². The molecule has 1 aromatic heterocycles. The molecule has 0 bridgehead atoms. The van der Waals surface area contributed by atoms with E-state index in [0.29, 0.717) is 11.5 Å². The van der Waals surface area contributed by atoms with Gasteiger partial charge in [0, 0.05) is 5.75 Å². The van der Waals surface area contributed by atoms with Crippen LogP contribution in [-0.2, 0) is 17.2 Å². The van der Waals surface area contributed by atoms with E-state index in [-0.39, 0.29) is 24.0 Å². The summed E-state index contributed by atoms with van der Waals surface area (Å²) in [6.45, 7) is 2.24. The van der Waals surface area contributed by atoms with Crippen LogP contribution >= 0.6 is 11.8 Å². The molecule has 1 heterocycles. The zero-order chi connectivity index (χ0) is 20.5. The summed E-state index contributed by atoms with van der Waals surface area (Å²) in [5.74, 6) is 1.49. The lowest BCUT2D eigenvalue weighted by Gasteiger charge is -2.06. The average Bonchev–Trinajstić information content (AvgIpc) is 3.22. The van der Waals surface area contributed by atoms with Crippen molar-refractivity contribution in [2.24, 2.45) is 0 Å². The summed E-state index contributed by atoms with van der Waals surface area (Å²) in [5, 5.41) is 0. The number of thioether (sulfide) groups is 1. The Hall–Kier alpha value is -3.19. The lowest BCUT2D eigenvalue weighted by Crippen LogP contribution is -2.42. The first kappa shape index (κ1) is 20.5. The molecular formula is C22H22N2O4S. The molecule has 0 radical (unpaired) electrons. The Morgan fingerprint density at radius 2 is 1.72 bits per heavy atom. The summed E-state index contributed by atoms with van der Waals surface area (Å²) in [7, 11) is 0. The molecule has 3 rings (SSSR count). The third-order valence-corrected chi connectivity index (χ3v) is 4.95. The van der Waals surface area contributed by atoms with Crippen LogP contribution in [-0.4, -0.2) is 17.6 Å². The number of amides is 2. The first-order valence-corrected chi connectivity index (χ1v) is 10.2. The largest absolute Gasteiger partial charge is 0.486 e. The quantitative estimate of drug-likeness (QED) is 0.551. The maximum Gasteiger partial charge on any atom is 0.305 e. The zero-order valence-electron chi connectivity index (χ0n) is 16.0. The van der Waals surface area contributed by atoms with Crippen molar-refractivity contribution < 1.29 is 18.7 Å². The van der Waals surface area contributed by atoms with Crippen molar-refractivity contribution in [3.05, 3.63) is 89.4 Å². The molecule has 29 heavy (non-hydrogen) atoms. The summed E-state index contributed by atoms with van der Waals surface area (Å²) in [5.41, 5.74) is 7.10. The Labute approximate surface area is 173 Å². The van der Waals surface area contributed by atoms with Gasteiger partial charge in [0.25, 0.3) is 0 Å². The van der Waals surface area contributed by atoms with Crippen LogP contribution in [0, 0.1) is 6.92 Å². The molecule has 0 unspecified atom stereocenters. The molecular weight excluding hydrogens is 388 g/mol. The van der Waals surface area contributed by atoms with Crippen LogP contribution in [0.2, 0.25) is 0 Å². The fourth-order valence-electron chi connectivity index (χ4n) is 2.42. The Balaban J connectivity index is 1.37. The number of carbonyl (C=O) groups excluding carboxylic acids is 2. The summed E-state index contributed by atoms with van der Waals surface area (Å²) < 4.78 is 11.0. The monoisotopic (exact) mass is 410 g/mol. The number of rotatable bonds is 8. The first-order chi connectivity index (χ1) is 14.1. The van der Waals surface area contributed by atoms with Crippen molar-refractivity contribution in [2.45, 2.75) is 19.3 Å². The predicted molar refractivity (Wildman–Crippen MR) is 112 cm³/mol. The molecule has 0 aliphatic rings. The Morgan fingerprint density at radius 3 is 2.48 bits per heavy atom. The van der Waals surface area contributed by atoms with Gasteiger partial charge in [-0.15, -0.1) is 11.8 Å². The molecule has 0 atom stereocenters. The van der Waals surface area contributed by atoms with E-state index in [1.165, 1.54) is 23.4 Å². The van der Waals surface area contributed by atoms with Gasteiger partial charge < -0.3 is 9.15 Å². The normalized spacial score (nSPS) is 10.4. The molecule has 3 aromatic rings. The maximum atomic E-state index is 12.1. The van der Waals surface area contributed by atoms with E-state index < -0.39 is 5.91 Å². The minimum Gasteiger partial charge on any atom is -0.486 e. The van der Waals surface area contributed by atoms with Crippen LogP contribution in [0.5, 0.6) is 5.75 Å². The molecule has 7 heteroatoms. The number of benzene rings is 2. The third kappa shape index (κ3) is 6.73. The number of nitrogens with one attached hydrogen (secondary N) is 2. The van der Waals surface area contributed by atoms with Crippen molar-refractivity contribution in [1.29, 1.82) is 0 Å². The van der Waals surface area contributed by atoms with Gasteiger partial charge in [0.15, 0.2) is 5.76 Å². The van der Waals surface area contributed by atoms with Crippen molar-refractivity contribution in [3.63, 3.8) is 0 Å². The number of carbonyl (C=O) groups is 2. The van der Waals surface area contributed by atoms with E-state index in [0.717, 1.165) is 11.3 Å². The van der Waals surface area contributed by atoms with Gasteiger partial charge in [-0.05, 0) is 36.8 Å². The second kappa shape index (κ2) is 10.4. The van der Waals surface area contributed by atoms with E-state index in [1.54, 1.807) is 6.07 Å². The van der Waals surface area contributed by atoms with Gasteiger partial charge in [-0.2, -0.15) is 0 Å². The zero-order valence-corrected chi connectivity index (χ0v) is 16.8.